The van der Waals surface area contributed by atoms with Crippen LogP contribution in [0.3, 0.4) is 0 Å². The maximum absolute atomic E-state index is 12.8. The standard InChI is InChI=1S/C19H15N3O7/c1-2-29-15-10-11(9-14(16(15)23)22(27)28)8-13-17(24)20-19(26)21(18(13)25)12-6-4-3-5-7-12/h3-10,23H,2H2,1H3,(H,20,24,26)/p-1/b13-8-. The van der Waals surface area contributed by atoms with Crippen molar-refractivity contribution in [3.8, 4) is 11.5 Å². The topological polar surface area (TPSA) is 142 Å². The van der Waals surface area contributed by atoms with E-state index < -0.39 is 39.8 Å². The Hall–Kier alpha value is -4.21. The second-order valence-corrected chi connectivity index (χ2v) is 5.85. The summed E-state index contributed by atoms with van der Waals surface area (Å²) in [7, 11) is 0. The van der Waals surface area contributed by atoms with E-state index in [1.807, 2.05) is 5.32 Å². The van der Waals surface area contributed by atoms with Crippen LogP contribution in [-0.2, 0) is 9.59 Å². The highest BCUT2D eigenvalue weighted by Gasteiger charge is 2.36. The molecule has 0 aliphatic carbocycles. The van der Waals surface area contributed by atoms with Crippen LogP contribution in [0.1, 0.15) is 12.5 Å². The average molecular weight is 396 g/mol. The van der Waals surface area contributed by atoms with E-state index in [1.54, 1.807) is 25.1 Å². The Morgan fingerprint density at radius 2 is 1.86 bits per heavy atom. The van der Waals surface area contributed by atoms with Crippen molar-refractivity contribution in [2.75, 3.05) is 11.5 Å². The predicted molar refractivity (Wildman–Crippen MR) is 99.2 cm³/mol. The van der Waals surface area contributed by atoms with Gasteiger partial charge in [-0.25, -0.2) is 9.69 Å². The summed E-state index contributed by atoms with van der Waals surface area (Å²) in [6, 6.07) is 9.14. The van der Waals surface area contributed by atoms with Crippen molar-refractivity contribution in [1.82, 2.24) is 5.32 Å². The number of para-hydroxylation sites is 1. The first kappa shape index (κ1) is 19.5. The number of anilines is 1. The van der Waals surface area contributed by atoms with Crippen LogP contribution in [0.5, 0.6) is 11.5 Å². The number of rotatable bonds is 5. The number of hydrogen-bond donors (Lipinski definition) is 1. The minimum Gasteiger partial charge on any atom is -0.865 e. The molecule has 29 heavy (non-hydrogen) atoms. The molecule has 4 amide bonds. The van der Waals surface area contributed by atoms with Gasteiger partial charge in [0.15, 0.2) is 0 Å². The molecule has 0 bridgehead atoms. The number of nitro groups is 1. The Bertz CT molecular complexity index is 1050. The first-order valence-electron chi connectivity index (χ1n) is 8.42. The van der Waals surface area contributed by atoms with Crippen LogP contribution in [0.15, 0.2) is 48.0 Å². The first-order valence-corrected chi connectivity index (χ1v) is 8.42. The molecule has 2 aromatic rings. The van der Waals surface area contributed by atoms with Crippen molar-refractivity contribution in [2.45, 2.75) is 6.92 Å². The Balaban J connectivity index is 2.09. The maximum Gasteiger partial charge on any atom is 0.335 e. The molecule has 3 rings (SSSR count). The van der Waals surface area contributed by atoms with Crippen LogP contribution >= 0.6 is 0 Å². The van der Waals surface area contributed by atoms with E-state index in [0.717, 1.165) is 17.0 Å². The van der Waals surface area contributed by atoms with Gasteiger partial charge in [-0.1, -0.05) is 18.2 Å². The van der Waals surface area contributed by atoms with Crippen molar-refractivity contribution < 1.29 is 29.2 Å². The summed E-state index contributed by atoms with van der Waals surface area (Å²) in [6.45, 7) is 1.68. The van der Waals surface area contributed by atoms with Gasteiger partial charge in [0.2, 0.25) is 0 Å². The van der Waals surface area contributed by atoms with Crippen LogP contribution in [0.25, 0.3) is 6.08 Å². The molecule has 148 valence electrons. The molecule has 1 saturated heterocycles. The fourth-order valence-corrected chi connectivity index (χ4v) is 2.73. The Morgan fingerprint density at radius 1 is 1.17 bits per heavy atom. The molecule has 1 fully saturated rings. The van der Waals surface area contributed by atoms with Crippen LogP contribution in [-0.4, -0.2) is 29.4 Å². The highest BCUT2D eigenvalue weighted by molar-refractivity contribution is 6.39. The Labute approximate surface area is 164 Å². The number of nitrogens with one attached hydrogen (secondary N) is 1. The number of hydrogen-bond acceptors (Lipinski definition) is 7. The molecule has 2 aromatic carbocycles. The molecule has 0 aromatic heterocycles. The van der Waals surface area contributed by atoms with E-state index >= 15 is 0 Å². The number of amides is 4. The van der Waals surface area contributed by atoms with Gasteiger partial charge < -0.3 is 9.84 Å². The number of carbonyl (C=O) groups is 3. The van der Waals surface area contributed by atoms with E-state index in [1.165, 1.54) is 18.2 Å². The lowest BCUT2D eigenvalue weighted by Gasteiger charge is -2.26. The second-order valence-electron chi connectivity index (χ2n) is 5.85. The van der Waals surface area contributed by atoms with Gasteiger partial charge in [0, 0.05) is 11.8 Å². The van der Waals surface area contributed by atoms with E-state index in [2.05, 4.69) is 0 Å². The largest absolute Gasteiger partial charge is 0.865 e. The summed E-state index contributed by atoms with van der Waals surface area (Å²) >= 11 is 0. The third kappa shape index (κ3) is 3.76. The number of benzene rings is 2. The van der Waals surface area contributed by atoms with Crippen molar-refractivity contribution in [1.29, 1.82) is 0 Å². The van der Waals surface area contributed by atoms with Crippen LogP contribution < -0.4 is 20.1 Å². The van der Waals surface area contributed by atoms with Gasteiger partial charge in [0.25, 0.3) is 17.5 Å². The number of nitrogens with zero attached hydrogens (tertiary/aromatic N) is 2. The fraction of sp³-hybridized carbons (Fsp3) is 0.105. The molecule has 0 radical (unpaired) electrons. The van der Waals surface area contributed by atoms with E-state index in [-0.39, 0.29) is 23.6 Å². The summed E-state index contributed by atoms with van der Waals surface area (Å²) in [5.74, 6) is -3.07. The molecule has 10 heteroatoms. The van der Waals surface area contributed by atoms with Gasteiger partial charge in [-0.15, -0.1) is 0 Å². The summed E-state index contributed by atoms with van der Waals surface area (Å²) < 4.78 is 5.12. The van der Waals surface area contributed by atoms with Gasteiger partial charge in [0.05, 0.1) is 17.2 Å². The zero-order chi connectivity index (χ0) is 21.1. The molecule has 0 atom stereocenters. The molecule has 1 aliphatic rings. The molecule has 0 spiro atoms. The average Bonchev–Trinajstić information content (AvgIpc) is 2.68. The summed E-state index contributed by atoms with van der Waals surface area (Å²) in [4.78, 5) is 48.2. The van der Waals surface area contributed by atoms with Crippen molar-refractivity contribution in [3.63, 3.8) is 0 Å². The number of imide groups is 2. The van der Waals surface area contributed by atoms with Crippen molar-refractivity contribution in [2.24, 2.45) is 0 Å². The van der Waals surface area contributed by atoms with E-state index in [0.29, 0.717) is 0 Å². The summed E-state index contributed by atoms with van der Waals surface area (Å²) in [5.41, 5.74) is -0.920. The molecule has 0 saturated carbocycles. The minimum absolute atomic E-state index is 0.0283. The monoisotopic (exact) mass is 396 g/mol. The van der Waals surface area contributed by atoms with Gasteiger partial charge in [-0.2, -0.15) is 0 Å². The first-order chi connectivity index (χ1) is 13.8. The smallest absolute Gasteiger partial charge is 0.335 e. The Kier molecular flexibility index (Phi) is 5.26. The van der Waals surface area contributed by atoms with E-state index in [9.17, 15) is 29.6 Å². The van der Waals surface area contributed by atoms with Crippen LogP contribution in [0.4, 0.5) is 16.2 Å². The van der Waals surface area contributed by atoms with Crippen molar-refractivity contribution >= 4 is 35.3 Å². The lowest BCUT2D eigenvalue weighted by Crippen LogP contribution is -2.54. The number of barbiturate groups is 1. The molecular weight excluding hydrogens is 382 g/mol. The number of ether oxygens (including phenoxy) is 1. The van der Waals surface area contributed by atoms with Gasteiger partial charge in [0.1, 0.15) is 11.3 Å². The SMILES string of the molecule is CCOc1cc(/C=C2/C(=O)NC(=O)N(c3ccccc3)C2=O)cc([N+](=O)[O-])c1[O-]. The zero-order valence-corrected chi connectivity index (χ0v) is 15.1. The van der Waals surface area contributed by atoms with Gasteiger partial charge >= 0.3 is 6.03 Å². The highest BCUT2D eigenvalue weighted by atomic mass is 16.6. The zero-order valence-electron chi connectivity index (χ0n) is 15.1. The normalized spacial score (nSPS) is 15.4. The molecule has 1 heterocycles. The van der Waals surface area contributed by atoms with E-state index in [4.69, 9.17) is 4.74 Å². The van der Waals surface area contributed by atoms with Crippen molar-refractivity contribution in [3.05, 3.63) is 63.7 Å². The second kappa shape index (κ2) is 7.80. The highest BCUT2D eigenvalue weighted by Crippen LogP contribution is 2.35. The molecular formula is C19H14N3O7-. The van der Waals surface area contributed by atoms with Gasteiger partial charge in [-0.3, -0.25) is 25.0 Å². The molecule has 1 aliphatic heterocycles. The molecule has 0 unspecified atom stereocenters. The molecule has 10 nitrogen and oxygen atoms in total. The third-order valence-electron chi connectivity index (χ3n) is 3.98. The predicted octanol–water partition coefficient (Wildman–Crippen LogP) is 1.73. The maximum atomic E-state index is 12.8. The minimum atomic E-state index is -0.959. The quantitative estimate of drug-likeness (QED) is 0.351. The lowest BCUT2D eigenvalue weighted by atomic mass is 10.1. The summed E-state index contributed by atoms with van der Waals surface area (Å²) in [6.07, 6.45) is 1.06. The number of urea groups is 1. The lowest BCUT2D eigenvalue weighted by molar-refractivity contribution is -0.398. The number of nitro benzene ring substituents is 1. The van der Waals surface area contributed by atoms with Crippen LogP contribution in [0.2, 0.25) is 0 Å². The van der Waals surface area contributed by atoms with Crippen LogP contribution in [0, 0.1) is 10.1 Å². The third-order valence-corrected chi connectivity index (χ3v) is 3.98. The molecule has 1 N–H and O–H groups in total. The number of carbonyl (C=O) groups excluding carboxylic acids is 3. The van der Waals surface area contributed by atoms with Gasteiger partial charge in [-0.05, 0) is 36.8 Å². The Morgan fingerprint density at radius 3 is 2.48 bits per heavy atom. The fourth-order valence-electron chi connectivity index (χ4n) is 2.73. The summed E-state index contributed by atoms with van der Waals surface area (Å²) in [5, 5.41) is 25.3.